The average molecular weight is 458 g/mol. The molecule has 1 saturated carbocycles. The third-order valence-corrected chi connectivity index (χ3v) is 8.40. The number of nitrogens with one attached hydrogen (secondary N) is 1. The Morgan fingerprint density at radius 3 is 2.71 bits per heavy atom. The van der Waals surface area contributed by atoms with Crippen LogP contribution in [0.5, 0.6) is 0 Å². The molecule has 0 bridgehead atoms. The van der Waals surface area contributed by atoms with Crippen molar-refractivity contribution in [3.8, 4) is 11.1 Å². The normalized spacial score (nSPS) is 15.0. The summed E-state index contributed by atoms with van der Waals surface area (Å²) in [6, 6.07) is 7.84. The van der Waals surface area contributed by atoms with Gasteiger partial charge in [-0.15, -0.1) is 11.3 Å². The fourth-order valence-corrected chi connectivity index (χ4v) is 6.23. The van der Waals surface area contributed by atoms with Gasteiger partial charge in [-0.3, -0.25) is 4.72 Å². The number of benzene rings is 1. The molecule has 0 unspecified atom stereocenters. The minimum Gasteiger partial charge on any atom is -0.383 e. The zero-order valence-electron chi connectivity index (χ0n) is 16.5. The van der Waals surface area contributed by atoms with Crippen molar-refractivity contribution in [2.45, 2.75) is 35.9 Å². The van der Waals surface area contributed by atoms with Gasteiger partial charge in [0.15, 0.2) is 0 Å². The number of halogens is 1. The summed E-state index contributed by atoms with van der Waals surface area (Å²) >= 11 is 1.07. The van der Waals surface area contributed by atoms with E-state index in [0.717, 1.165) is 48.2 Å². The monoisotopic (exact) mass is 457 g/mol. The lowest BCUT2D eigenvalue weighted by atomic mass is 10.1. The van der Waals surface area contributed by atoms with Gasteiger partial charge in [0.25, 0.3) is 10.0 Å². The van der Waals surface area contributed by atoms with E-state index in [9.17, 15) is 12.8 Å². The van der Waals surface area contributed by atoms with Crippen molar-refractivity contribution in [2.24, 2.45) is 0 Å². The van der Waals surface area contributed by atoms with E-state index in [1.165, 1.54) is 24.5 Å². The molecule has 0 atom stereocenters. The first-order chi connectivity index (χ1) is 14.9. The molecule has 1 aromatic carbocycles. The molecule has 160 valence electrons. The van der Waals surface area contributed by atoms with Gasteiger partial charge in [-0.25, -0.2) is 22.8 Å². The Morgan fingerprint density at radius 1 is 1.19 bits per heavy atom. The maximum atomic E-state index is 14.9. The molecule has 1 aliphatic rings. The van der Waals surface area contributed by atoms with E-state index in [-0.39, 0.29) is 9.90 Å². The second kappa shape index (κ2) is 7.61. The molecule has 1 aliphatic carbocycles. The molecule has 31 heavy (non-hydrogen) atoms. The number of nitrogens with zero attached hydrogens (tertiary/aromatic N) is 3. The van der Waals surface area contributed by atoms with Gasteiger partial charge in [-0.05, 0) is 42.0 Å². The first kappa shape index (κ1) is 20.0. The lowest BCUT2D eigenvalue weighted by Gasteiger charge is -2.12. The lowest BCUT2D eigenvalue weighted by molar-refractivity contribution is 0.532. The van der Waals surface area contributed by atoms with Gasteiger partial charge in [0.2, 0.25) is 0 Å². The van der Waals surface area contributed by atoms with Crippen molar-refractivity contribution in [2.75, 3.05) is 10.5 Å². The highest BCUT2D eigenvalue weighted by Gasteiger charge is 2.24. The van der Waals surface area contributed by atoms with Crippen LogP contribution in [0.3, 0.4) is 0 Å². The molecule has 7 nitrogen and oxygen atoms in total. The van der Waals surface area contributed by atoms with Crippen molar-refractivity contribution in [3.05, 3.63) is 54.1 Å². The first-order valence-corrected chi connectivity index (χ1v) is 12.3. The summed E-state index contributed by atoms with van der Waals surface area (Å²) < 4.78 is 44.4. The Balaban J connectivity index is 1.56. The minimum absolute atomic E-state index is 0.110. The zero-order chi connectivity index (χ0) is 21.6. The second-order valence-corrected chi connectivity index (χ2v) is 10.4. The summed E-state index contributed by atoms with van der Waals surface area (Å²) in [5.41, 5.74) is 8.10. The van der Waals surface area contributed by atoms with Crippen molar-refractivity contribution in [1.82, 2.24) is 14.5 Å². The molecule has 10 heteroatoms. The number of nitrogens with two attached hydrogens (primary N) is 1. The van der Waals surface area contributed by atoms with Crippen LogP contribution in [0.2, 0.25) is 0 Å². The highest BCUT2D eigenvalue weighted by Crippen LogP contribution is 2.39. The quantitative estimate of drug-likeness (QED) is 0.448. The predicted molar refractivity (Wildman–Crippen MR) is 120 cm³/mol. The summed E-state index contributed by atoms with van der Waals surface area (Å²) in [5, 5.41) is 2.33. The smallest absolute Gasteiger partial charge is 0.271 e. The highest BCUT2D eigenvalue weighted by molar-refractivity contribution is 7.94. The fourth-order valence-electron chi connectivity index (χ4n) is 4.16. The first-order valence-electron chi connectivity index (χ1n) is 9.91. The summed E-state index contributed by atoms with van der Waals surface area (Å²) in [6.45, 7) is 0. The van der Waals surface area contributed by atoms with Gasteiger partial charge in [-0.2, -0.15) is 0 Å². The summed E-state index contributed by atoms with van der Waals surface area (Å²) in [4.78, 5) is 8.56. The van der Waals surface area contributed by atoms with E-state index in [0.29, 0.717) is 22.8 Å². The standard InChI is InChI=1S/C21H20FN5O2S2/c22-16-10-13(7-8-17(16)26-31(28,29)18-6-3-9-30-18)15-11-27(14-4-1-2-5-14)21-19(15)20(23)24-12-25-21/h3,6-12,14,26H,1-2,4-5H2,(H2,23,24,25). The molecule has 1 fully saturated rings. The average Bonchev–Trinajstić information content (AvgIpc) is 3.50. The van der Waals surface area contributed by atoms with Crippen molar-refractivity contribution in [1.29, 1.82) is 0 Å². The Kier molecular flexibility index (Phi) is 4.90. The van der Waals surface area contributed by atoms with Gasteiger partial charge in [-0.1, -0.05) is 25.0 Å². The maximum absolute atomic E-state index is 14.9. The fraction of sp³-hybridized carbons (Fsp3) is 0.238. The Morgan fingerprint density at radius 2 is 2.00 bits per heavy atom. The number of hydrogen-bond donors (Lipinski definition) is 2. The van der Waals surface area contributed by atoms with E-state index in [2.05, 4.69) is 19.3 Å². The van der Waals surface area contributed by atoms with Crippen LogP contribution in [-0.4, -0.2) is 23.0 Å². The van der Waals surface area contributed by atoms with Gasteiger partial charge in [0.1, 0.15) is 27.8 Å². The zero-order valence-corrected chi connectivity index (χ0v) is 18.1. The number of aromatic nitrogens is 3. The van der Waals surface area contributed by atoms with E-state index in [1.807, 2.05) is 6.20 Å². The van der Waals surface area contributed by atoms with Crippen LogP contribution < -0.4 is 10.5 Å². The van der Waals surface area contributed by atoms with E-state index in [4.69, 9.17) is 5.73 Å². The van der Waals surface area contributed by atoms with E-state index < -0.39 is 15.8 Å². The van der Waals surface area contributed by atoms with Crippen LogP contribution in [-0.2, 0) is 10.0 Å². The molecule has 0 aliphatic heterocycles. The van der Waals surface area contributed by atoms with Crippen LogP contribution in [0, 0.1) is 5.82 Å². The van der Waals surface area contributed by atoms with Crippen LogP contribution in [0.4, 0.5) is 15.9 Å². The third-order valence-electron chi connectivity index (χ3n) is 5.64. The van der Waals surface area contributed by atoms with Crippen LogP contribution >= 0.6 is 11.3 Å². The molecule has 0 amide bonds. The van der Waals surface area contributed by atoms with Crippen LogP contribution in [0.25, 0.3) is 22.2 Å². The van der Waals surface area contributed by atoms with Crippen molar-refractivity contribution < 1.29 is 12.8 Å². The molecular formula is C21H20FN5O2S2. The predicted octanol–water partition coefficient (Wildman–Crippen LogP) is 4.80. The summed E-state index contributed by atoms with van der Waals surface area (Å²) in [6.07, 6.45) is 7.84. The molecular weight excluding hydrogens is 437 g/mol. The van der Waals surface area contributed by atoms with Crippen molar-refractivity contribution >= 4 is 43.9 Å². The van der Waals surface area contributed by atoms with Crippen LogP contribution in [0.15, 0.2) is 52.4 Å². The van der Waals surface area contributed by atoms with Gasteiger partial charge < -0.3 is 10.3 Å². The second-order valence-electron chi connectivity index (χ2n) is 7.58. The highest BCUT2D eigenvalue weighted by atomic mass is 32.2. The Bertz CT molecular complexity index is 1360. The maximum Gasteiger partial charge on any atom is 0.271 e. The largest absolute Gasteiger partial charge is 0.383 e. The number of anilines is 2. The summed E-state index contributed by atoms with van der Waals surface area (Å²) in [5.74, 6) is -0.338. The molecule has 0 spiro atoms. The van der Waals surface area contributed by atoms with E-state index in [1.54, 1.807) is 17.5 Å². The molecule has 4 aromatic rings. The van der Waals surface area contributed by atoms with Crippen LogP contribution in [0.1, 0.15) is 31.7 Å². The molecule has 5 rings (SSSR count). The number of fused-ring (bicyclic) bond motifs is 1. The number of hydrogen-bond acceptors (Lipinski definition) is 6. The third kappa shape index (κ3) is 3.55. The van der Waals surface area contributed by atoms with Gasteiger partial charge in [0.05, 0.1) is 11.1 Å². The molecule has 3 N–H and O–H groups in total. The molecule has 0 radical (unpaired) electrons. The number of sulfonamides is 1. The van der Waals surface area contributed by atoms with Crippen molar-refractivity contribution in [3.63, 3.8) is 0 Å². The topological polar surface area (TPSA) is 103 Å². The summed E-state index contributed by atoms with van der Waals surface area (Å²) in [7, 11) is -3.83. The number of nitrogen functional groups attached to an aromatic ring is 1. The SMILES string of the molecule is Nc1ncnc2c1c(-c1ccc(NS(=O)(=O)c3cccs3)c(F)c1)cn2C1CCCC1. The van der Waals surface area contributed by atoms with E-state index >= 15 is 0 Å². The number of rotatable bonds is 5. The lowest BCUT2D eigenvalue weighted by Crippen LogP contribution is -2.12. The molecule has 0 saturated heterocycles. The Labute approximate surface area is 182 Å². The Hall–Kier alpha value is -2.98. The molecule has 3 aromatic heterocycles. The molecule has 3 heterocycles. The van der Waals surface area contributed by atoms with Gasteiger partial charge in [0, 0.05) is 17.8 Å². The number of thiophene rings is 1. The van der Waals surface area contributed by atoms with Gasteiger partial charge >= 0.3 is 0 Å². The minimum atomic E-state index is -3.83.